The van der Waals surface area contributed by atoms with Crippen LogP contribution in [0.4, 0.5) is 0 Å². The number of hydrogen-bond acceptors (Lipinski definition) is 8. The lowest BCUT2D eigenvalue weighted by Crippen LogP contribution is -2.31. The first kappa shape index (κ1) is 41.2. The van der Waals surface area contributed by atoms with E-state index in [-0.39, 0.29) is 42.4 Å². The first-order chi connectivity index (χ1) is 26.5. The van der Waals surface area contributed by atoms with Gasteiger partial charge in [-0.05, 0) is 71.3 Å². The first-order valence-corrected chi connectivity index (χ1v) is 19.6. The highest BCUT2D eigenvalue weighted by molar-refractivity contribution is 9.11. The van der Waals surface area contributed by atoms with Gasteiger partial charge in [-0.3, -0.25) is 28.3 Å². The summed E-state index contributed by atoms with van der Waals surface area (Å²) in [6, 6.07) is 37.5. The zero-order valence-corrected chi connectivity index (χ0v) is 34.8. The highest BCUT2D eigenvalue weighted by atomic mass is 79.9. The van der Waals surface area contributed by atoms with Crippen molar-refractivity contribution in [2.75, 3.05) is 0 Å². The van der Waals surface area contributed by atoms with Crippen molar-refractivity contribution in [3.8, 4) is 22.5 Å². The summed E-state index contributed by atoms with van der Waals surface area (Å²) >= 11 is 10.0. The summed E-state index contributed by atoms with van der Waals surface area (Å²) in [4.78, 5) is 59.2. The molecule has 0 radical (unpaired) electrons. The van der Waals surface area contributed by atoms with Crippen LogP contribution in [-0.2, 0) is 51.8 Å². The van der Waals surface area contributed by atoms with Crippen molar-refractivity contribution in [2.24, 2.45) is 5.92 Å². The molecule has 13 heteroatoms. The molecule has 0 saturated heterocycles. The van der Waals surface area contributed by atoms with Crippen molar-refractivity contribution in [1.29, 1.82) is 0 Å². The van der Waals surface area contributed by atoms with Gasteiger partial charge in [0.15, 0.2) is 4.60 Å². The fourth-order valence-electron chi connectivity index (χ4n) is 5.49. The number of rotatable bonds is 12. The highest BCUT2D eigenvalue weighted by Gasteiger charge is 2.21. The number of hydrogen-bond donors (Lipinski definition) is 0. The van der Waals surface area contributed by atoms with Crippen LogP contribution in [0.1, 0.15) is 30.7 Å². The van der Waals surface area contributed by atoms with Crippen LogP contribution >= 0.6 is 47.8 Å². The Labute approximate surface area is 343 Å². The van der Waals surface area contributed by atoms with Gasteiger partial charge in [0.05, 0.1) is 11.4 Å². The Morgan fingerprint density at radius 3 is 1.36 bits per heavy atom. The van der Waals surface area contributed by atoms with Crippen LogP contribution in [0.15, 0.2) is 145 Å². The summed E-state index contributed by atoms with van der Waals surface area (Å²) in [7, 11) is 0. The fraction of sp³-hybridized carbons (Fsp3) is 0.190. The van der Waals surface area contributed by atoms with Crippen molar-refractivity contribution in [3.05, 3.63) is 173 Å². The van der Waals surface area contributed by atoms with Gasteiger partial charge in [0, 0.05) is 11.1 Å². The van der Waals surface area contributed by atoms with Crippen LogP contribution in [0.25, 0.3) is 22.5 Å². The molecule has 0 bridgehead atoms. The largest absolute Gasteiger partial charge is 0.459 e. The van der Waals surface area contributed by atoms with Crippen LogP contribution in [0, 0.1) is 5.92 Å². The maximum absolute atomic E-state index is 13.1. The average Bonchev–Trinajstić information content (AvgIpc) is 3.19. The van der Waals surface area contributed by atoms with Crippen molar-refractivity contribution in [1.82, 2.24) is 19.1 Å². The van der Waals surface area contributed by atoms with E-state index in [1.165, 1.54) is 9.13 Å². The van der Waals surface area contributed by atoms with Gasteiger partial charge in [0.1, 0.15) is 41.2 Å². The third-order valence-electron chi connectivity index (χ3n) is 8.03. The normalized spacial score (nSPS) is 10.7. The smallest absolute Gasteiger partial charge is 0.326 e. The molecule has 6 rings (SSSR count). The molecule has 0 N–H and O–H groups in total. The zero-order valence-electron chi connectivity index (χ0n) is 30.0. The second kappa shape index (κ2) is 20.1. The van der Waals surface area contributed by atoms with Gasteiger partial charge in [-0.25, -0.2) is 9.97 Å². The molecule has 0 amide bonds. The molecule has 0 aliphatic heterocycles. The van der Waals surface area contributed by atoms with E-state index in [0.717, 1.165) is 22.3 Å². The van der Waals surface area contributed by atoms with E-state index < -0.39 is 17.5 Å². The standard InChI is InChI=1S/C23H23BrN2O3.C19H14Br2N2O3/c1-16(2)13-19-23(28)26(14-20(27)29-15-17-9-5-3-6-10-17)21(22(24)25-19)18-11-7-4-8-12-18;20-17-16(14-9-5-2-6-10-14)23(19(25)18(21)22-17)11-15(24)26-12-13-7-3-1-4-8-13/h3-12,16H,13-15H2,1-2H3;1-10H,11-12H2. The Bertz CT molecular complexity index is 2340. The number of halogens is 3. The van der Waals surface area contributed by atoms with Gasteiger partial charge in [-0.2, -0.15) is 0 Å². The van der Waals surface area contributed by atoms with Crippen molar-refractivity contribution in [3.63, 3.8) is 0 Å². The number of carbonyl (C=O) groups excluding carboxylic acids is 2. The topological polar surface area (TPSA) is 122 Å². The molecule has 0 saturated carbocycles. The molecule has 0 aliphatic rings. The second-order valence-electron chi connectivity index (χ2n) is 12.6. The van der Waals surface area contributed by atoms with Crippen molar-refractivity contribution in [2.45, 2.75) is 46.6 Å². The Balaban J connectivity index is 0.000000212. The van der Waals surface area contributed by atoms with E-state index in [4.69, 9.17) is 9.47 Å². The molecule has 0 unspecified atom stereocenters. The van der Waals surface area contributed by atoms with Gasteiger partial charge in [-0.1, -0.05) is 135 Å². The van der Waals surface area contributed by atoms with Gasteiger partial charge < -0.3 is 9.47 Å². The average molecular weight is 933 g/mol. The lowest BCUT2D eigenvalue weighted by atomic mass is 10.1. The van der Waals surface area contributed by atoms with Crippen molar-refractivity contribution >= 4 is 59.7 Å². The van der Waals surface area contributed by atoms with Crippen LogP contribution in [-0.4, -0.2) is 31.0 Å². The molecule has 4 aromatic carbocycles. The molecule has 0 aliphatic carbocycles. The van der Waals surface area contributed by atoms with E-state index in [0.29, 0.717) is 32.7 Å². The van der Waals surface area contributed by atoms with E-state index in [1.807, 2.05) is 135 Å². The van der Waals surface area contributed by atoms with Crippen LogP contribution in [0.3, 0.4) is 0 Å². The molecule has 0 spiro atoms. The van der Waals surface area contributed by atoms with E-state index in [2.05, 4.69) is 57.8 Å². The summed E-state index contributed by atoms with van der Waals surface area (Å²) in [5, 5.41) is 0. The number of aromatic nitrogens is 4. The second-order valence-corrected chi connectivity index (χ2v) is 14.9. The summed E-state index contributed by atoms with van der Waals surface area (Å²) in [6.07, 6.45) is 0.533. The summed E-state index contributed by atoms with van der Waals surface area (Å²) in [6.45, 7) is 3.98. The van der Waals surface area contributed by atoms with Gasteiger partial charge in [0.25, 0.3) is 11.1 Å². The number of ether oxygens (including phenoxy) is 2. The Hall–Kier alpha value is -4.98. The zero-order chi connectivity index (χ0) is 39.3. The fourth-order valence-corrected chi connectivity index (χ4v) is 7.39. The Kier molecular flexibility index (Phi) is 15.0. The lowest BCUT2D eigenvalue weighted by Gasteiger charge is -2.16. The maximum Gasteiger partial charge on any atom is 0.326 e. The van der Waals surface area contributed by atoms with E-state index in [9.17, 15) is 19.2 Å². The molecular formula is C42H37Br3N4O6. The van der Waals surface area contributed by atoms with E-state index >= 15 is 0 Å². The predicted molar refractivity (Wildman–Crippen MR) is 222 cm³/mol. The van der Waals surface area contributed by atoms with Gasteiger partial charge >= 0.3 is 11.9 Å². The van der Waals surface area contributed by atoms with Gasteiger partial charge in [-0.15, -0.1) is 0 Å². The van der Waals surface area contributed by atoms with E-state index in [1.54, 1.807) is 0 Å². The van der Waals surface area contributed by atoms with Crippen LogP contribution in [0.2, 0.25) is 0 Å². The molecule has 0 fully saturated rings. The number of nitrogens with zero attached hydrogens (tertiary/aromatic N) is 4. The quantitative estimate of drug-likeness (QED) is 0.112. The highest BCUT2D eigenvalue weighted by Crippen LogP contribution is 2.28. The third kappa shape index (κ3) is 11.5. The van der Waals surface area contributed by atoms with Gasteiger partial charge in [0.2, 0.25) is 0 Å². The third-order valence-corrected chi connectivity index (χ3v) is 9.65. The molecule has 55 heavy (non-hydrogen) atoms. The Morgan fingerprint density at radius 1 is 0.564 bits per heavy atom. The minimum absolute atomic E-state index is 0.125. The molecule has 2 aromatic heterocycles. The number of esters is 2. The number of carbonyl (C=O) groups is 2. The SMILES string of the molecule is CC(C)Cc1nc(Br)c(-c2ccccc2)n(CC(=O)OCc2ccccc2)c1=O.O=C(Cn1c(-c2ccccc2)c(Br)nc(Br)c1=O)OCc1ccccc1. The van der Waals surface area contributed by atoms with Crippen LogP contribution < -0.4 is 11.1 Å². The predicted octanol–water partition coefficient (Wildman–Crippen LogP) is 8.79. The molecule has 2 heterocycles. The minimum atomic E-state index is -0.502. The molecule has 6 aromatic rings. The summed E-state index contributed by atoms with van der Waals surface area (Å²) < 4.78 is 14.6. The van der Waals surface area contributed by atoms with Crippen LogP contribution in [0.5, 0.6) is 0 Å². The number of benzene rings is 4. The summed E-state index contributed by atoms with van der Waals surface area (Å²) in [5.41, 5.74) is 4.21. The minimum Gasteiger partial charge on any atom is -0.459 e. The molecular weight excluding hydrogens is 896 g/mol. The molecule has 0 atom stereocenters. The lowest BCUT2D eigenvalue weighted by molar-refractivity contribution is -0.146. The molecule has 10 nitrogen and oxygen atoms in total. The summed E-state index contributed by atoms with van der Waals surface area (Å²) in [5.74, 6) is -0.706. The monoisotopic (exact) mass is 930 g/mol. The first-order valence-electron chi connectivity index (χ1n) is 17.3. The maximum atomic E-state index is 13.1. The Morgan fingerprint density at radius 2 is 0.945 bits per heavy atom. The molecule has 282 valence electrons. The van der Waals surface area contributed by atoms with Crippen molar-refractivity contribution < 1.29 is 19.1 Å².